The van der Waals surface area contributed by atoms with Gasteiger partial charge in [-0.25, -0.2) is 4.98 Å². The highest BCUT2D eigenvalue weighted by molar-refractivity contribution is 7.09. The molecule has 0 amide bonds. The van der Waals surface area contributed by atoms with Crippen molar-refractivity contribution >= 4 is 33.8 Å². The van der Waals surface area contributed by atoms with Crippen LogP contribution in [0.25, 0.3) is 10.9 Å². The lowest BCUT2D eigenvalue weighted by Crippen LogP contribution is -2.13. The molecule has 4 nitrogen and oxygen atoms in total. The quantitative estimate of drug-likeness (QED) is 0.737. The Kier molecular flexibility index (Phi) is 3.97. The minimum absolute atomic E-state index is 0.112. The van der Waals surface area contributed by atoms with Crippen LogP contribution < -0.4 is 5.43 Å². The number of rotatable bonds is 3. The molecule has 0 saturated carbocycles. The van der Waals surface area contributed by atoms with Gasteiger partial charge >= 0.3 is 0 Å². The standard InChI is InChI=1S/C16H12ClN3OS/c1-2-15-19-12(9-22-15)8-20-7-10(6-18)16(21)13-5-11(17)3-4-14(13)20/h3-5,7,9H,2,8H2,1H3. The van der Waals surface area contributed by atoms with Gasteiger partial charge in [-0.1, -0.05) is 18.5 Å². The molecular formula is C16H12ClN3OS. The lowest BCUT2D eigenvalue weighted by molar-refractivity contribution is 0.797. The van der Waals surface area contributed by atoms with Crippen molar-refractivity contribution < 1.29 is 0 Å². The lowest BCUT2D eigenvalue weighted by Gasteiger charge is -2.10. The molecule has 0 atom stereocenters. The molecule has 1 aromatic carbocycles. The number of hydrogen-bond donors (Lipinski definition) is 0. The van der Waals surface area contributed by atoms with Gasteiger partial charge in [0.05, 0.1) is 22.8 Å². The highest BCUT2D eigenvalue weighted by Crippen LogP contribution is 2.19. The molecule has 2 aromatic heterocycles. The Labute approximate surface area is 136 Å². The van der Waals surface area contributed by atoms with Crippen LogP contribution in [0.1, 0.15) is 23.2 Å². The molecular weight excluding hydrogens is 318 g/mol. The van der Waals surface area contributed by atoms with Gasteiger partial charge in [0.15, 0.2) is 0 Å². The van der Waals surface area contributed by atoms with E-state index in [-0.39, 0.29) is 11.0 Å². The molecule has 0 bridgehead atoms. The summed E-state index contributed by atoms with van der Waals surface area (Å²) in [5.41, 5.74) is 1.49. The summed E-state index contributed by atoms with van der Waals surface area (Å²) in [6.07, 6.45) is 2.48. The minimum atomic E-state index is -0.288. The van der Waals surface area contributed by atoms with E-state index in [0.717, 1.165) is 22.6 Å². The van der Waals surface area contributed by atoms with Crippen molar-refractivity contribution in [2.45, 2.75) is 19.9 Å². The van der Waals surface area contributed by atoms with Gasteiger partial charge in [-0.15, -0.1) is 11.3 Å². The molecule has 3 aromatic rings. The summed E-state index contributed by atoms with van der Waals surface area (Å²) in [5.74, 6) is 0. The van der Waals surface area contributed by atoms with Crippen LogP contribution in [0, 0.1) is 11.3 Å². The number of halogens is 1. The Bertz CT molecular complexity index is 952. The summed E-state index contributed by atoms with van der Waals surface area (Å²) in [4.78, 5) is 16.8. The van der Waals surface area contributed by atoms with E-state index in [2.05, 4.69) is 11.9 Å². The Balaban J connectivity index is 2.18. The molecule has 3 rings (SSSR count). The molecule has 110 valence electrons. The number of hydrogen-bond acceptors (Lipinski definition) is 4. The number of fused-ring (bicyclic) bond motifs is 1. The molecule has 0 aliphatic carbocycles. The minimum Gasteiger partial charge on any atom is -0.340 e. The van der Waals surface area contributed by atoms with Crippen molar-refractivity contribution in [1.29, 1.82) is 5.26 Å². The van der Waals surface area contributed by atoms with Gasteiger partial charge in [0.25, 0.3) is 0 Å². The normalized spacial score (nSPS) is 10.8. The van der Waals surface area contributed by atoms with Crippen LogP contribution in [0.3, 0.4) is 0 Å². The summed E-state index contributed by atoms with van der Waals surface area (Å²) in [7, 11) is 0. The van der Waals surface area contributed by atoms with Crippen LogP contribution in [-0.2, 0) is 13.0 Å². The van der Waals surface area contributed by atoms with Crippen LogP contribution in [0.5, 0.6) is 0 Å². The maximum Gasteiger partial charge on any atom is 0.207 e. The summed E-state index contributed by atoms with van der Waals surface area (Å²) in [6.45, 7) is 2.58. The van der Waals surface area contributed by atoms with Crippen molar-refractivity contribution in [1.82, 2.24) is 9.55 Å². The molecule has 0 fully saturated rings. The molecule has 0 unspecified atom stereocenters. The SMILES string of the molecule is CCc1nc(Cn2cc(C#N)c(=O)c3cc(Cl)ccc32)cs1. The van der Waals surface area contributed by atoms with Gasteiger partial charge in [0, 0.05) is 22.0 Å². The second-order valence-electron chi connectivity index (χ2n) is 4.86. The van der Waals surface area contributed by atoms with Crippen LogP contribution in [0.15, 0.2) is 34.6 Å². The molecule has 0 radical (unpaired) electrons. The van der Waals surface area contributed by atoms with E-state index in [1.165, 1.54) is 0 Å². The van der Waals surface area contributed by atoms with Crippen molar-refractivity contribution in [2.75, 3.05) is 0 Å². The topological polar surface area (TPSA) is 58.7 Å². The maximum absolute atomic E-state index is 12.3. The molecule has 0 spiro atoms. The Hall–Kier alpha value is -2.16. The first-order valence-electron chi connectivity index (χ1n) is 6.78. The van der Waals surface area contributed by atoms with E-state index < -0.39 is 0 Å². The monoisotopic (exact) mass is 329 g/mol. The second-order valence-corrected chi connectivity index (χ2v) is 6.24. The zero-order valence-corrected chi connectivity index (χ0v) is 13.4. The third-order valence-electron chi connectivity index (χ3n) is 3.40. The fourth-order valence-electron chi connectivity index (χ4n) is 2.34. The zero-order chi connectivity index (χ0) is 15.7. The first kappa shape index (κ1) is 14.8. The highest BCUT2D eigenvalue weighted by atomic mass is 35.5. The number of nitriles is 1. The third kappa shape index (κ3) is 2.63. The zero-order valence-electron chi connectivity index (χ0n) is 11.8. The first-order valence-corrected chi connectivity index (χ1v) is 8.04. The fraction of sp³-hybridized carbons (Fsp3) is 0.188. The number of aromatic nitrogens is 2. The third-order valence-corrected chi connectivity index (χ3v) is 4.67. The van der Waals surface area contributed by atoms with Crippen molar-refractivity contribution in [3.05, 3.63) is 61.3 Å². The van der Waals surface area contributed by atoms with E-state index in [1.807, 2.05) is 16.0 Å². The summed E-state index contributed by atoms with van der Waals surface area (Å²) in [6, 6.07) is 7.10. The van der Waals surface area contributed by atoms with Gasteiger partial charge in [0.1, 0.15) is 11.6 Å². The Morgan fingerprint density at radius 1 is 1.45 bits per heavy atom. The van der Waals surface area contributed by atoms with Crippen LogP contribution in [0.4, 0.5) is 0 Å². The van der Waals surface area contributed by atoms with Crippen LogP contribution in [0.2, 0.25) is 5.02 Å². The van der Waals surface area contributed by atoms with Crippen molar-refractivity contribution in [3.8, 4) is 6.07 Å². The van der Waals surface area contributed by atoms with Gasteiger partial charge in [-0.3, -0.25) is 4.79 Å². The Morgan fingerprint density at radius 3 is 2.95 bits per heavy atom. The van der Waals surface area contributed by atoms with E-state index >= 15 is 0 Å². The van der Waals surface area contributed by atoms with Crippen LogP contribution >= 0.6 is 22.9 Å². The molecule has 2 heterocycles. The lowest BCUT2D eigenvalue weighted by atomic mass is 10.1. The Morgan fingerprint density at radius 2 is 2.27 bits per heavy atom. The maximum atomic E-state index is 12.3. The summed E-state index contributed by atoms with van der Waals surface area (Å²) < 4.78 is 1.88. The number of benzene rings is 1. The molecule has 22 heavy (non-hydrogen) atoms. The van der Waals surface area contributed by atoms with Crippen LogP contribution in [-0.4, -0.2) is 9.55 Å². The molecule has 0 N–H and O–H groups in total. The molecule has 0 aliphatic rings. The summed E-state index contributed by atoms with van der Waals surface area (Å²) in [5, 5.41) is 13.2. The smallest absolute Gasteiger partial charge is 0.207 e. The second kappa shape index (κ2) is 5.91. The number of pyridine rings is 1. The van der Waals surface area contributed by atoms with Gasteiger partial charge in [0.2, 0.25) is 5.43 Å². The molecule has 6 heteroatoms. The largest absolute Gasteiger partial charge is 0.340 e. The van der Waals surface area contributed by atoms with E-state index in [9.17, 15) is 10.1 Å². The van der Waals surface area contributed by atoms with Gasteiger partial charge < -0.3 is 4.57 Å². The van der Waals surface area contributed by atoms with E-state index in [0.29, 0.717) is 17.0 Å². The summed E-state index contributed by atoms with van der Waals surface area (Å²) >= 11 is 7.60. The number of aryl methyl sites for hydroxylation is 1. The van der Waals surface area contributed by atoms with E-state index in [4.69, 9.17) is 11.6 Å². The van der Waals surface area contributed by atoms with Gasteiger partial charge in [-0.05, 0) is 24.6 Å². The van der Waals surface area contributed by atoms with Gasteiger partial charge in [-0.2, -0.15) is 5.26 Å². The number of thiazole rings is 1. The van der Waals surface area contributed by atoms with Crippen molar-refractivity contribution in [2.24, 2.45) is 0 Å². The fourth-order valence-corrected chi connectivity index (χ4v) is 3.25. The highest BCUT2D eigenvalue weighted by Gasteiger charge is 2.11. The molecule has 0 saturated heterocycles. The van der Waals surface area contributed by atoms with E-state index in [1.54, 1.807) is 35.7 Å². The number of nitrogens with zero attached hydrogens (tertiary/aromatic N) is 3. The first-order chi connectivity index (χ1) is 10.6. The average molecular weight is 330 g/mol. The average Bonchev–Trinajstić information content (AvgIpc) is 2.97. The predicted octanol–water partition coefficient (Wildman–Crippen LogP) is 3.59. The predicted molar refractivity (Wildman–Crippen MR) is 88.5 cm³/mol. The molecule has 0 aliphatic heterocycles. The van der Waals surface area contributed by atoms with Crippen molar-refractivity contribution in [3.63, 3.8) is 0 Å².